The van der Waals surface area contributed by atoms with Gasteiger partial charge in [-0.2, -0.15) is 11.8 Å². The maximum absolute atomic E-state index is 9.24. The number of aliphatic hydroxyl groups excluding tert-OH is 1. The Morgan fingerprint density at radius 3 is 2.53 bits per heavy atom. The molecule has 1 aliphatic carbocycles. The second-order valence-corrected chi connectivity index (χ2v) is 6.03. The van der Waals surface area contributed by atoms with Crippen molar-refractivity contribution in [3.63, 3.8) is 0 Å². The van der Waals surface area contributed by atoms with E-state index in [1.54, 1.807) is 0 Å². The van der Waals surface area contributed by atoms with Crippen LogP contribution in [0.4, 0.5) is 0 Å². The van der Waals surface area contributed by atoms with Crippen LogP contribution in [0.2, 0.25) is 0 Å². The first kappa shape index (κ1) is 13.3. The van der Waals surface area contributed by atoms with Crippen molar-refractivity contribution in [2.75, 3.05) is 32.1 Å². The fourth-order valence-electron chi connectivity index (χ4n) is 2.39. The highest BCUT2D eigenvalue weighted by Gasteiger charge is 2.37. The Bertz CT molecular complexity index is 180. The predicted octanol–water partition coefficient (Wildman–Crippen LogP) is 2.22. The SMILES string of the molecule is CSCC1(CN(C)CCC(C)O)CCC1. The lowest BCUT2D eigenvalue weighted by atomic mass is 9.70. The summed E-state index contributed by atoms with van der Waals surface area (Å²) in [6.45, 7) is 4.10. The first-order valence-electron chi connectivity index (χ1n) is 5.93. The minimum atomic E-state index is -0.162. The van der Waals surface area contributed by atoms with Gasteiger partial charge < -0.3 is 10.0 Å². The molecule has 1 unspecified atom stereocenters. The lowest BCUT2D eigenvalue weighted by Crippen LogP contribution is -2.43. The highest BCUT2D eigenvalue weighted by Crippen LogP contribution is 2.43. The quantitative estimate of drug-likeness (QED) is 0.727. The molecule has 0 aliphatic heterocycles. The van der Waals surface area contributed by atoms with Crippen LogP contribution in [-0.4, -0.2) is 48.3 Å². The highest BCUT2D eigenvalue weighted by molar-refractivity contribution is 7.98. The van der Waals surface area contributed by atoms with Gasteiger partial charge in [0.15, 0.2) is 0 Å². The molecule has 1 saturated carbocycles. The maximum atomic E-state index is 9.24. The molecule has 1 N–H and O–H groups in total. The van der Waals surface area contributed by atoms with E-state index in [0.29, 0.717) is 5.41 Å². The van der Waals surface area contributed by atoms with Crippen molar-refractivity contribution >= 4 is 11.8 Å². The van der Waals surface area contributed by atoms with Gasteiger partial charge in [0.25, 0.3) is 0 Å². The molecule has 0 aromatic carbocycles. The third-order valence-electron chi connectivity index (χ3n) is 3.40. The second-order valence-electron chi connectivity index (χ2n) is 5.16. The van der Waals surface area contributed by atoms with Crippen molar-refractivity contribution in [1.82, 2.24) is 4.90 Å². The standard InChI is InChI=1S/C12H25NOS/c1-11(14)5-8-13(2)9-12(10-15-3)6-4-7-12/h11,14H,4-10H2,1-3H3. The summed E-state index contributed by atoms with van der Waals surface area (Å²) in [4.78, 5) is 2.39. The average molecular weight is 231 g/mol. The second kappa shape index (κ2) is 6.12. The molecule has 0 spiro atoms. The average Bonchev–Trinajstić information content (AvgIpc) is 2.11. The Morgan fingerprint density at radius 2 is 2.13 bits per heavy atom. The van der Waals surface area contributed by atoms with Gasteiger partial charge in [-0.1, -0.05) is 6.42 Å². The molecule has 2 nitrogen and oxygen atoms in total. The van der Waals surface area contributed by atoms with E-state index in [1.165, 1.54) is 31.6 Å². The number of aliphatic hydroxyl groups is 1. The summed E-state index contributed by atoms with van der Waals surface area (Å²) in [6.07, 6.45) is 7.14. The number of hydrogen-bond donors (Lipinski definition) is 1. The van der Waals surface area contributed by atoms with Crippen LogP contribution in [0.15, 0.2) is 0 Å². The fraction of sp³-hybridized carbons (Fsp3) is 1.00. The molecule has 0 aromatic rings. The number of rotatable bonds is 7. The normalized spacial score (nSPS) is 21.4. The molecule has 1 atom stereocenters. The van der Waals surface area contributed by atoms with Crippen LogP contribution in [0.3, 0.4) is 0 Å². The van der Waals surface area contributed by atoms with E-state index in [1.807, 2.05) is 18.7 Å². The summed E-state index contributed by atoms with van der Waals surface area (Å²) in [7, 11) is 2.18. The van der Waals surface area contributed by atoms with Crippen molar-refractivity contribution in [1.29, 1.82) is 0 Å². The molecule has 1 rings (SSSR count). The Morgan fingerprint density at radius 1 is 1.47 bits per heavy atom. The van der Waals surface area contributed by atoms with Crippen molar-refractivity contribution in [2.45, 2.75) is 38.7 Å². The van der Waals surface area contributed by atoms with Crippen LogP contribution in [0.25, 0.3) is 0 Å². The summed E-state index contributed by atoms with van der Waals surface area (Å²) < 4.78 is 0. The van der Waals surface area contributed by atoms with Gasteiger partial charge in [0, 0.05) is 13.1 Å². The summed E-state index contributed by atoms with van der Waals surface area (Å²) >= 11 is 1.97. The van der Waals surface area contributed by atoms with E-state index in [0.717, 1.165) is 13.0 Å². The first-order chi connectivity index (χ1) is 7.08. The number of hydrogen-bond acceptors (Lipinski definition) is 3. The zero-order chi connectivity index (χ0) is 11.3. The molecular formula is C12H25NOS. The van der Waals surface area contributed by atoms with Gasteiger partial charge >= 0.3 is 0 Å². The fourth-order valence-corrected chi connectivity index (χ4v) is 3.38. The van der Waals surface area contributed by atoms with Crippen LogP contribution in [-0.2, 0) is 0 Å². The van der Waals surface area contributed by atoms with Gasteiger partial charge in [-0.05, 0) is 50.7 Å². The molecule has 0 radical (unpaired) electrons. The zero-order valence-electron chi connectivity index (χ0n) is 10.3. The van der Waals surface area contributed by atoms with Crippen molar-refractivity contribution in [2.24, 2.45) is 5.41 Å². The van der Waals surface area contributed by atoms with Crippen LogP contribution in [0.1, 0.15) is 32.6 Å². The number of nitrogens with zero attached hydrogens (tertiary/aromatic N) is 1. The van der Waals surface area contributed by atoms with E-state index >= 15 is 0 Å². The van der Waals surface area contributed by atoms with E-state index in [4.69, 9.17) is 0 Å². The van der Waals surface area contributed by atoms with Gasteiger partial charge in [0.05, 0.1) is 6.10 Å². The van der Waals surface area contributed by atoms with Crippen LogP contribution >= 0.6 is 11.8 Å². The van der Waals surface area contributed by atoms with Gasteiger partial charge in [-0.25, -0.2) is 0 Å². The molecule has 1 fully saturated rings. The smallest absolute Gasteiger partial charge is 0.0524 e. The van der Waals surface area contributed by atoms with Gasteiger partial charge in [-0.3, -0.25) is 0 Å². The lowest BCUT2D eigenvalue weighted by molar-refractivity contribution is 0.0921. The predicted molar refractivity (Wildman–Crippen MR) is 68.5 cm³/mol. The molecule has 0 aromatic heterocycles. The molecule has 15 heavy (non-hydrogen) atoms. The van der Waals surface area contributed by atoms with Crippen molar-refractivity contribution < 1.29 is 5.11 Å². The zero-order valence-corrected chi connectivity index (χ0v) is 11.1. The topological polar surface area (TPSA) is 23.5 Å². The van der Waals surface area contributed by atoms with E-state index in [-0.39, 0.29) is 6.10 Å². The molecule has 3 heteroatoms. The van der Waals surface area contributed by atoms with Gasteiger partial charge in [-0.15, -0.1) is 0 Å². The Balaban J connectivity index is 2.25. The summed E-state index contributed by atoms with van der Waals surface area (Å²) in [5, 5.41) is 9.24. The summed E-state index contributed by atoms with van der Waals surface area (Å²) in [6, 6.07) is 0. The van der Waals surface area contributed by atoms with Crippen LogP contribution in [0, 0.1) is 5.41 Å². The van der Waals surface area contributed by atoms with E-state index in [2.05, 4.69) is 18.2 Å². The Labute approximate surface area is 98.4 Å². The Hall–Kier alpha value is 0.270. The monoisotopic (exact) mass is 231 g/mol. The molecule has 0 heterocycles. The Kier molecular flexibility index (Phi) is 5.44. The van der Waals surface area contributed by atoms with Gasteiger partial charge in [0.2, 0.25) is 0 Å². The largest absolute Gasteiger partial charge is 0.393 e. The molecule has 1 aliphatic rings. The van der Waals surface area contributed by atoms with Crippen molar-refractivity contribution in [3.8, 4) is 0 Å². The van der Waals surface area contributed by atoms with Crippen LogP contribution < -0.4 is 0 Å². The molecule has 0 amide bonds. The van der Waals surface area contributed by atoms with E-state index < -0.39 is 0 Å². The minimum Gasteiger partial charge on any atom is -0.393 e. The van der Waals surface area contributed by atoms with Gasteiger partial charge in [0.1, 0.15) is 0 Å². The molecule has 0 saturated heterocycles. The summed E-state index contributed by atoms with van der Waals surface area (Å²) in [5.41, 5.74) is 0.590. The third kappa shape index (κ3) is 4.33. The van der Waals surface area contributed by atoms with Crippen LogP contribution in [0.5, 0.6) is 0 Å². The van der Waals surface area contributed by atoms with E-state index in [9.17, 15) is 5.11 Å². The minimum absolute atomic E-state index is 0.162. The maximum Gasteiger partial charge on any atom is 0.0524 e. The first-order valence-corrected chi connectivity index (χ1v) is 7.33. The molecule has 0 bridgehead atoms. The molecule has 90 valence electrons. The van der Waals surface area contributed by atoms with Crippen molar-refractivity contribution in [3.05, 3.63) is 0 Å². The highest BCUT2D eigenvalue weighted by atomic mass is 32.2. The summed E-state index contributed by atoms with van der Waals surface area (Å²) in [5.74, 6) is 1.30. The number of thioether (sulfide) groups is 1. The third-order valence-corrected chi connectivity index (χ3v) is 4.30. The lowest BCUT2D eigenvalue weighted by Gasteiger charge is -2.44. The molecular weight excluding hydrogens is 206 g/mol.